The van der Waals surface area contributed by atoms with E-state index in [4.69, 9.17) is 0 Å². The van der Waals surface area contributed by atoms with Crippen LogP contribution in [0.4, 0.5) is 74.6 Å². The van der Waals surface area contributed by atoms with Crippen LogP contribution < -0.4 is 0 Å². The summed E-state index contributed by atoms with van der Waals surface area (Å²) in [5, 5.41) is -7.78. The second kappa shape index (κ2) is 12.6. The van der Waals surface area contributed by atoms with E-state index in [1.54, 1.807) is 0 Å². The van der Waals surface area contributed by atoms with Crippen molar-refractivity contribution in [2.24, 2.45) is 5.92 Å². The van der Waals surface area contributed by atoms with Crippen LogP contribution in [0.3, 0.4) is 0 Å². The van der Waals surface area contributed by atoms with E-state index in [2.05, 4.69) is 13.2 Å². The van der Waals surface area contributed by atoms with Crippen LogP contribution in [0.15, 0.2) is 24.3 Å². The molecule has 0 radical (unpaired) electrons. The average molecular weight is 719 g/mol. The standard InChI is InChI=1S/C22H22F17NO4S/c1-6-7-40(9-12(14(42)11(4)5)8-13(41)10(2)3)45(43,44)22(38,39)20(33,34)18(29,30)16(25,26)15(23,24)17(27,28)19(31,32)21(35,36)37/h12H,2,4,6-9H2,1,3,5H3. The van der Waals surface area contributed by atoms with Crippen molar-refractivity contribution in [2.45, 2.75) is 80.6 Å². The minimum Gasteiger partial charge on any atom is -0.295 e. The molecule has 0 aromatic heterocycles. The van der Waals surface area contributed by atoms with Crippen molar-refractivity contribution in [2.75, 3.05) is 13.1 Å². The van der Waals surface area contributed by atoms with Gasteiger partial charge in [0.05, 0.1) is 0 Å². The Morgan fingerprint density at radius 2 is 1.00 bits per heavy atom. The molecule has 23 heteroatoms. The first-order valence-corrected chi connectivity index (χ1v) is 13.0. The molecule has 1 atom stereocenters. The Morgan fingerprint density at radius 1 is 0.644 bits per heavy atom. The summed E-state index contributed by atoms with van der Waals surface area (Å²) in [6.45, 7) is 5.79. The number of nitrogens with zero attached hydrogens (tertiary/aromatic N) is 1. The maximum absolute atomic E-state index is 14.8. The molecule has 5 nitrogen and oxygen atoms in total. The second-order valence-electron chi connectivity index (χ2n) is 9.57. The maximum atomic E-state index is 14.8. The van der Waals surface area contributed by atoms with E-state index in [0.29, 0.717) is 0 Å². The predicted octanol–water partition coefficient (Wildman–Crippen LogP) is 7.29. The summed E-state index contributed by atoms with van der Waals surface area (Å²) in [5.74, 6) is -56.9. The first kappa shape index (κ1) is 42.5. The Labute approximate surface area is 243 Å². The van der Waals surface area contributed by atoms with Gasteiger partial charge in [-0.15, -0.1) is 0 Å². The summed E-state index contributed by atoms with van der Waals surface area (Å²) in [7, 11) is -7.65. The number of allylic oxidation sites excluding steroid dienone is 2. The molecule has 0 aromatic carbocycles. The molecule has 0 aliphatic heterocycles. The molecule has 45 heavy (non-hydrogen) atoms. The highest BCUT2D eigenvalue weighted by Gasteiger charge is 2.96. The lowest BCUT2D eigenvalue weighted by Crippen LogP contribution is -2.75. The smallest absolute Gasteiger partial charge is 0.295 e. The van der Waals surface area contributed by atoms with Gasteiger partial charge in [-0.25, -0.2) is 8.42 Å². The second-order valence-corrected chi connectivity index (χ2v) is 11.6. The number of alkyl halides is 17. The molecular formula is C22H22F17NO4S. The van der Waals surface area contributed by atoms with E-state index in [0.717, 1.165) is 20.8 Å². The largest absolute Gasteiger partial charge is 0.460 e. The molecule has 264 valence electrons. The Bertz CT molecular complexity index is 1270. The SMILES string of the molecule is C=C(C)C(=O)CC(CN(CCC)S(=O)(=O)C(F)(F)C(F)(F)C(F)(F)C(F)(F)C(F)(F)C(F)(F)C(F)(F)C(F)(F)F)C(=O)C(=C)C. The normalized spacial score (nSPS) is 15.7. The van der Waals surface area contributed by atoms with Crippen LogP contribution in [0, 0.1) is 5.92 Å². The molecule has 0 heterocycles. The van der Waals surface area contributed by atoms with Crippen molar-refractivity contribution < 1.29 is 92.6 Å². The Kier molecular flexibility index (Phi) is 11.9. The van der Waals surface area contributed by atoms with Crippen LogP contribution >= 0.6 is 0 Å². The molecule has 0 spiro atoms. The average Bonchev–Trinajstić information content (AvgIpc) is 2.85. The van der Waals surface area contributed by atoms with E-state index in [1.807, 2.05) is 0 Å². The van der Waals surface area contributed by atoms with Crippen LogP contribution in [-0.4, -0.2) is 84.3 Å². The number of sulfonamides is 1. The van der Waals surface area contributed by atoms with Gasteiger partial charge in [0, 0.05) is 25.4 Å². The van der Waals surface area contributed by atoms with Crippen LogP contribution in [0.1, 0.15) is 33.6 Å². The lowest BCUT2D eigenvalue weighted by atomic mass is 9.91. The van der Waals surface area contributed by atoms with Gasteiger partial charge < -0.3 is 0 Å². The molecule has 0 saturated carbocycles. The van der Waals surface area contributed by atoms with Gasteiger partial charge in [-0.2, -0.15) is 78.9 Å². The molecule has 1 unspecified atom stereocenters. The van der Waals surface area contributed by atoms with Crippen LogP contribution in [-0.2, 0) is 19.6 Å². The third-order valence-corrected chi connectivity index (χ3v) is 7.87. The molecule has 0 rings (SSSR count). The number of hydrogen-bond donors (Lipinski definition) is 0. The van der Waals surface area contributed by atoms with Crippen molar-refractivity contribution in [3.8, 4) is 0 Å². The maximum Gasteiger partial charge on any atom is 0.460 e. The number of halogens is 17. The summed E-state index contributed by atoms with van der Waals surface area (Å²) in [4.78, 5) is 24.4. The van der Waals surface area contributed by atoms with Gasteiger partial charge >= 0.3 is 47.0 Å². The van der Waals surface area contributed by atoms with Crippen molar-refractivity contribution >= 4 is 21.6 Å². The van der Waals surface area contributed by atoms with Gasteiger partial charge in [0.1, 0.15) is 0 Å². The number of Topliss-reactive ketones (excluding diaryl/α,β-unsaturated/α-hetero) is 2. The van der Waals surface area contributed by atoms with Gasteiger partial charge in [-0.3, -0.25) is 9.59 Å². The molecule has 0 aromatic rings. The zero-order valence-electron chi connectivity index (χ0n) is 22.7. The van der Waals surface area contributed by atoms with E-state index >= 15 is 0 Å². The topological polar surface area (TPSA) is 71.5 Å². The van der Waals surface area contributed by atoms with Crippen LogP contribution in [0.2, 0.25) is 0 Å². The van der Waals surface area contributed by atoms with Gasteiger partial charge in [-0.05, 0) is 31.4 Å². The summed E-state index contributed by atoms with van der Waals surface area (Å²) in [6.07, 6.45) is -9.82. The third kappa shape index (κ3) is 6.69. The summed E-state index contributed by atoms with van der Waals surface area (Å²) in [6, 6.07) is 0. The van der Waals surface area contributed by atoms with E-state index in [1.165, 1.54) is 0 Å². The molecule has 0 N–H and O–H groups in total. The molecule has 0 bridgehead atoms. The predicted molar refractivity (Wildman–Crippen MR) is 119 cm³/mol. The summed E-state index contributed by atoms with van der Waals surface area (Å²) in [5.41, 5.74) is -0.891. The highest BCUT2D eigenvalue weighted by Crippen LogP contribution is 2.64. The van der Waals surface area contributed by atoms with Gasteiger partial charge in [0.25, 0.3) is 10.0 Å². The fourth-order valence-corrected chi connectivity index (χ4v) is 4.84. The fraction of sp³-hybridized carbons (Fsp3) is 0.727. The monoisotopic (exact) mass is 719 g/mol. The lowest BCUT2D eigenvalue weighted by molar-refractivity contribution is -0.458. The Morgan fingerprint density at radius 3 is 1.31 bits per heavy atom. The number of hydrogen-bond acceptors (Lipinski definition) is 4. The molecule has 0 amide bonds. The van der Waals surface area contributed by atoms with Crippen LogP contribution in [0.25, 0.3) is 0 Å². The van der Waals surface area contributed by atoms with E-state index < -0.39 is 110 Å². The first-order valence-electron chi connectivity index (χ1n) is 11.6. The molecule has 0 aliphatic rings. The van der Waals surface area contributed by atoms with Crippen molar-refractivity contribution in [3.63, 3.8) is 0 Å². The quantitative estimate of drug-likeness (QED) is 0.117. The zero-order valence-corrected chi connectivity index (χ0v) is 23.6. The van der Waals surface area contributed by atoms with Crippen molar-refractivity contribution in [3.05, 3.63) is 24.3 Å². The molecule has 0 aliphatic carbocycles. The molecule has 0 saturated heterocycles. The molecule has 0 fully saturated rings. The minimum absolute atomic E-state index is 0.355. The number of carbonyl (C=O) groups excluding carboxylic acids is 2. The van der Waals surface area contributed by atoms with E-state index in [9.17, 15) is 92.6 Å². The zero-order chi connectivity index (χ0) is 36.8. The van der Waals surface area contributed by atoms with E-state index in [-0.39, 0.29) is 5.57 Å². The Balaban J connectivity index is 7.26. The summed E-state index contributed by atoms with van der Waals surface area (Å²) < 4.78 is 256. The summed E-state index contributed by atoms with van der Waals surface area (Å²) >= 11 is 0. The van der Waals surface area contributed by atoms with Crippen molar-refractivity contribution in [1.29, 1.82) is 0 Å². The highest BCUT2D eigenvalue weighted by molar-refractivity contribution is 7.90. The third-order valence-electron chi connectivity index (χ3n) is 5.95. The minimum atomic E-state index is -8.97. The van der Waals surface area contributed by atoms with Gasteiger partial charge in [0.15, 0.2) is 11.6 Å². The van der Waals surface area contributed by atoms with Crippen LogP contribution in [0.5, 0.6) is 0 Å². The highest BCUT2D eigenvalue weighted by atomic mass is 32.2. The fourth-order valence-electron chi connectivity index (χ4n) is 3.27. The van der Waals surface area contributed by atoms with Gasteiger partial charge in [0.2, 0.25) is 0 Å². The molecular weight excluding hydrogens is 697 g/mol. The first-order chi connectivity index (χ1) is 19.5. The number of ketones is 2. The van der Waals surface area contributed by atoms with Crippen molar-refractivity contribution in [1.82, 2.24) is 4.31 Å². The number of rotatable bonds is 17. The lowest BCUT2D eigenvalue weighted by Gasteiger charge is -2.43. The number of carbonyl (C=O) groups is 2. The Hall–Kier alpha value is -2.46. The van der Waals surface area contributed by atoms with Gasteiger partial charge in [-0.1, -0.05) is 20.1 Å².